The number of carbonyl (C=O) groups excluding carboxylic acids is 2. The average Bonchev–Trinajstić information content (AvgIpc) is 3.20. The number of allylic oxidation sites excluding steroid dienone is 2. The molecule has 1 heterocycles. The van der Waals surface area contributed by atoms with Crippen LogP contribution in [-0.2, 0) is 10.2 Å². The Kier molecular flexibility index (Phi) is 2.86. The second-order valence-electron chi connectivity index (χ2n) is 8.60. The van der Waals surface area contributed by atoms with E-state index >= 15 is 0 Å². The number of amides is 1. The van der Waals surface area contributed by atoms with Crippen molar-refractivity contribution in [2.24, 2.45) is 5.92 Å². The number of hydrogen-bond donors (Lipinski definition) is 0. The molecule has 2 fully saturated rings. The highest BCUT2D eigenvalue weighted by Crippen LogP contribution is 2.66. The van der Waals surface area contributed by atoms with Gasteiger partial charge in [0.05, 0.1) is 0 Å². The molecule has 2 aromatic rings. The molecule has 132 valence electrons. The minimum atomic E-state index is -0.551. The van der Waals surface area contributed by atoms with E-state index in [1.54, 1.807) is 11.0 Å². The first-order chi connectivity index (χ1) is 12.3. The van der Waals surface area contributed by atoms with Gasteiger partial charge in [0.25, 0.3) is 0 Å². The fourth-order valence-electron chi connectivity index (χ4n) is 4.60. The molecule has 4 heteroatoms. The predicted molar refractivity (Wildman–Crippen MR) is 99.1 cm³/mol. The number of carbonyl (C=O) groups is 2. The molecule has 1 spiro atoms. The maximum atomic E-state index is 12.8. The SMILES string of the molecule is CC(C)(C)OC(=O)N1C[C@@H]2C[C@]23C1=CC(=O)c1cc2ccccc2cc13. The summed E-state index contributed by atoms with van der Waals surface area (Å²) in [5.41, 5.74) is 1.94. The van der Waals surface area contributed by atoms with Crippen molar-refractivity contribution in [3.05, 3.63) is 59.3 Å². The molecule has 1 amide bonds. The van der Waals surface area contributed by atoms with Crippen molar-refractivity contribution in [1.29, 1.82) is 0 Å². The quantitative estimate of drug-likeness (QED) is 0.708. The summed E-state index contributed by atoms with van der Waals surface area (Å²) in [4.78, 5) is 27.2. The van der Waals surface area contributed by atoms with Gasteiger partial charge in [0.1, 0.15) is 5.60 Å². The lowest BCUT2D eigenvalue weighted by Crippen LogP contribution is -2.37. The second kappa shape index (κ2) is 4.76. The van der Waals surface area contributed by atoms with Crippen molar-refractivity contribution >= 4 is 22.6 Å². The van der Waals surface area contributed by atoms with Crippen LogP contribution in [0.4, 0.5) is 4.79 Å². The van der Waals surface area contributed by atoms with Crippen molar-refractivity contribution in [3.8, 4) is 0 Å². The van der Waals surface area contributed by atoms with Gasteiger partial charge in [-0.3, -0.25) is 9.69 Å². The molecule has 2 atom stereocenters. The summed E-state index contributed by atoms with van der Waals surface area (Å²) < 4.78 is 5.56. The number of nitrogens with zero attached hydrogens (tertiary/aromatic N) is 1. The maximum absolute atomic E-state index is 12.8. The number of fused-ring (bicyclic) bond motifs is 2. The van der Waals surface area contributed by atoms with Gasteiger partial charge in [-0.25, -0.2) is 4.79 Å². The van der Waals surface area contributed by atoms with Gasteiger partial charge in [-0.05, 0) is 61.6 Å². The summed E-state index contributed by atoms with van der Waals surface area (Å²) in [5, 5.41) is 2.21. The molecule has 0 unspecified atom stereocenters. The Labute approximate surface area is 152 Å². The molecule has 0 radical (unpaired) electrons. The highest BCUT2D eigenvalue weighted by atomic mass is 16.6. The Bertz CT molecular complexity index is 1010. The predicted octanol–water partition coefficient (Wildman–Crippen LogP) is 4.43. The summed E-state index contributed by atoms with van der Waals surface area (Å²) in [5.74, 6) is 0.349. The molecule has 3 aliphatic rings. The summed E-state index contributed by atoms with van der Waals surface area (Å²) in [6, 6.07) is 12.3. The topological polar surface area (TPSA) is 46.6 Å². The average molecular weight is 347 g/mol. The van der Waals surface area contributed by atoms with Gasteiger partial charge in [-0.15, -0.1) is 0 Å². The molecule has 1 saturated carbocycles. The van der Waals surface area contributed by atoms with Crippen molar-refractivity contribution in [1.82, 2.24) is 4.90 Å². The summed E-state index contributed by atoms with van der Waals surface area (Å²) >= 11 is 0. The first kappa shape index (κ1) is 15.6. The van der Waals surface area contributed by atoms with Gasteiger partial charge in [0, 0.05) is 29.3 Å². The van der Waals surface area contributed by atoms with E-state index in [1.165, 1.54) is 0 Å². The van der Waals surface area contributed by atoms with Crippen LogP contribution in [0, 0.1) is 5.92 Å². The first-order valence-corrected chi connectivity index (χ1v) is 9.10. The molecule has 0 aromatic heterocycles. The van der Waals surface area contributed by atoms with Crippen molar-refractivity contribution in [2.45, 2.75) is 38.2 Å². The Morgan fingerprint density at radius 2 is 1.88 bits per heavy atom. The molecule has 2 aromatic carbocycles. The number of ketones is 1. The minimum Gasteiger partial charge on any atom is -0.443 e. The van der Waals surface area contributed by atoms with Gasteiger partial charge in [0.15, 0.2) is 5.78 Å². The third-order valence-electron chi connectivity index (χ3n) is 5.77. The normalized spacial score (nSPS) is 26.1. The third kappa shape index (κ3) is 2.02. The Morgan fingerprint density at radius 1 is 1.19 bits per heavy atom. The molecular formula is C22H21NO3. The molecule has 5 rings (SSSR count). The molecule has 26 heavy (non-hydrogen) atoms. The van der Waals surface area contributed by atoms with Gasteiger partial charge in [-0.2, -0.15) is 0 Å². The van der Waals surface area contributed by atoms with Gasteiger partial charge < -0.3 is 4.74 Å². The van der Waals surface area contributed by atoms with Crippen molar-refractivity contribution < 1.29 is 14.3 Å². The number of hydrogen-bond acceptors (Lipinski definition) is 3. The third-order valence-corrected chi connectivity index (χ3v) is 5.77. The van der Waals surface area contributed by atoms with E-state index in [0.29, 0.717) is 12.5 Å². The van der Waals surface area contributed by atoms with Crippen molar-refractivity contribution in [2.75, 3.05) is 6.54 Å². The zero-order chi connectivity index (χ0) is 18.3. The number of ether oxygens (including phenoxy) is 1. The van der Waals surface area contributed by atoms with E-state index in [2.05, 4.69) is 12.1 Å². The zero-order valence-electron chi connectivity index (χ0n) is 15.2. The molecule has 2 aliphatic carbocycles. The first-order valence-electron chi connectivity index (χ1n) is 9.10. The molecule has 4 nitrogen and oxygen atoms in total. The van der Waals surface area contributed by atoms with Gasteiger partial charge in [-0.1, -0.05) is 24.3 Å². The van der Waals surface area contributed by atoms with Crippen LogP contribution in [0.25, 0.3) is 10.8 Å². The van der Waals surface area contributed by atoms with Gasteiger partial charge in [0.2, 0.25) is 0 Å². The minimum absolute atomic E-state index is 0.0208. The molecule has 1 saturated heterocycles. The second-order valence-corrected chi connectivity index (χ2v) is 8.60. The molecule has 0 N–H and O–H groups in total. The van der Waals surface area contributed by atoms with Crippen LogP contribution in [0.1, 0.15) is 43.1 Å². The van der Waals surface area contributed by atoms with E-state index in [4.69, 9.17) is 4.74 Å². The fraction of sp³-hybridized carbons (Fsp3) is 0.364. The smallest absolute Gasteiger partial charge is 0.414 e. The fourth-order valence-corrected chi connectivity index (χ4v) is 4.60. The van der Waals surface area contributed by atoms with Crippen LogP contribution in [-0.4, -0.2) is 28.9 Å². The van der Waals surface area contributed by atoms with E-state index in [9.17, 15) is 9.59 Å². The summed E-state index contributed by atoms with van der Waals surface area (Å²) in [6.07, 6.45) is 2.30. The van der Waals surface area contributed by atoms with E-state index in [1.807, 2.05) is 45.0 Å². The highest BCUT2D eigenvalue weighted by Gasteiger charge is 2.67. The number of likely N-dealkylation sites (tertiary alicyclic amines) is 1. The van der Waals surface area contributed by atoms with Crippen LogP contribution in [0.3, 0.4) is 0 Å². The van der Waals surface area contributed by atoms with Crippen LogP contribution in [0.15, 0.2) is 48.2 Å². The lowest BCUT2D eigenvalue weighted by molar-refractivity contribution is 0.0322. The molecule has 1 aliphatic heterocycles. The van der Waals surface area contributed by atoms with Crippen LogP contribution >= 0.6 is 0 Å². The zero-order valence-corrected chi connectivity index (χ0v) is 15.2. The molecular weight excluding hydrogens is 326 g/mol. The number of piperidine rings is 1. The van der Waals surface area contributed by atoms with E-state index in [-0.39, 0.29) is 17.3 Å². The van der Waals surface area contributed by atoms with Crippen molar-refractivity contribution in [3.63, 3.8) is 0 Å². The molecule has 0 bridgehead atoms. The van der Waals surface area contributed by atoms with Gasteiger partial charge >= 0.3 is 6.09 Å². The van der Waals surface area contributed by atoms with E-state index < -0.39 is 5.60 Å². The van der Waals surface area contributed by atoms with E-state index in [0.717, 1.165) is 34.0 Å². The number of rotatable bonds is 0. The Hall–Kier alpha value is -2.62. The Morgan fingerprint density at radius 3 is 2.58 bits per heavy atom. The largest absolute Gasteiger partial charge is 0.443 e. The standard InChI is InChI=1S/C22H21NO3/c1-21(2,3)26-20(25)23-12-15-11-22(15)17-9-14-7-5-4-6-13(14)8-16(17)18(24)10-19(22)23/h4-10,15H,11-12H2,1-3H3/t15-,22-/m0/s1. The Balaban J connectivity index is 1.61. The summed E-state index contributed by atoms with van der Waals surface area (Å²) in [6.45, 7) is 6.21. The lowest BCUT2D eigenvalue weighted by atomic mass is 9.80. The number of benzene rings is 2. The van der Waals surface area contributed by atoms with Crippen LogP contribution in [0.5, 0.6) is 0 Å². The lowest BCUT2D eigenvalue weighted by Gasteiger charge is -2.31. The maximum Gasteiger partial charge on any atom is 0.414 e. The highest BCUT2D eigenvalue weighted by molar-refractivity contribution is 6.11. The van der Waals surface area contributed by atoms with Crippen LogP contribution < -0.4 is 0 Å². The van der Waals surface area contributed by atoms with Crippen LogP contribution in [0.2, 0.25) is 0 Å². The summed E-state index contributed by atoms with van der Waals surface area (Å²) in [7, 11) is 0. The monoisotopic (exact) mass is 347 g/mol.